The third kappa shape index (κ3) is 3.86. The van der Waals surface area contributed by atoms with E-state index in [-0.39, 0.29) is 11.3 Å². The molecular weight excluding hydrogens is 352 g/mol. The Hall–Kier alpha value is -1.91. The molecular formula is C20H21ClN2OS. The van der Waals surface area contributed by atoms with E-state index in [0.29, 0.717) is 10.7 Å². The Balaban J connectivity index is 2.04. The van der Waals surface area contributed by atoms with Crippen LogP contribution in [0.3, 0.4) is 0 Å². The lowest BCUT2D eigenvalue weighted by Crippen LogP contribution is -2.31. The molecule has 3 nitrogen and oxygen atoms in total. The van der Waals surface area contributed by atoms with Crippen LogP contribution in [0.2, 0.25) is 5.02 Å². The maximum absolute atomic E-state index is 12.3. The van der Waals surface area contributed by atoms with Crippen molar-refractivity contribution in [1.82, 2.24) is 4.90 Å². The predicted molar refractivity (Wildman–Crippen MR) is 106 cm³/mol. The topological polar surface area (TPSA) is 46.3 Å². The zero-order valence-electron chi connectivity index (χ0n) is 14.1. The van der Waals surface area contributed by atoms with E-state index in [1.165, 1.54) is 0 Å². The van der Waals surface area contributed by atoms with Crippen LogP contribution in [0.1, 0.15) is 36.3 Å². The summed E-state index contributed by atoms with van der Waals surface area (Å²) in [5.74, 6) is -0.376. The molecule has 5 heteroatoms. The van der Waals surface area contributed by atoms with Crippen LogP contribution >= 0.6 is 23.4 Å². The number of carbonyl (C=O) groups is 1. The van der Waals surface area contributed by atoms with Crippen LogP contribution in [-0.2, 0) is 4.79 Å². The highest BCUT2D eigenvalue weighted by atomic mass is 35.5. The minimum Gasteiger partial charge on any atom is -0.364 e. The second-order valence-corrected chi connectivity index (χ2v) is 7.50. The van der Waals surface area contributed by atoms with Crippen LogP contribution in [0, 0.1) is 0 Å². The van der Waals surface area contributed by atoms with Gasteiger partial charge in [0.15, 0.2) is 0 Å². The minimum atomic E-state index is -0.376. The number of nitrogens with two attached hydrogens (primary N) is 1. The maximum atomic E-state index is 12.3. The standard InChI is InChI=1S/C20H21ClN2OS/c1-2-3-13-23-17(19(22)24)18(14-7-5-4-6-8-14)25-20(23)15-9-11-16(21)12-10-15/h4-12,20H,2-3,13H2,1H3,(H2,22,24). The Labute approximate surface area is 157 Å². The molecule has 1 atom stereocenters. The van der Waals surface area contributed by atoms with Gasteiger partial charge in [-0.25, -0.2) is 0 Å². The van der Waals surface area contributed by atoms with Crippen LogP contribution in [-0.4, -0.2) is 17.4 Å². The Bertz CT molecular complexity index is 774. The fourth-order valence-electron chi connectivity index (χ4n) is 2.96. The van der Waals surface area contributed by atoms with Gasteiger partial charge in [0.25, 0.3) is 5.91 Å². The van der Waals surface area contributed by atoms with Gasteiger partial charge in [-0.15, -0.1) is 0 Å². The smallest absolute Gasteiger partial charge is 0.266 e. The first kappa shape index (κ1) is 17.9. The number of halogens is 1. The molecule has 0 radical (unpaired) electrons. The minimum absolute atomic E-state index is 0.0292. The molecule has 0 bridgehead atoms. The summed E-state index contributed by atoms with van der Waals surface area (Å²) < 4.78 is 0. The number of primary amides is 1. The lowest BCUT2D eigenvalue weighted by molar-refractivity contribution is -0.116. The van der Waals surface area contributed by atoms with Crippen molar-refractivity contribution < 1.29 is 4.79 Å². The normalized spacial score (nSPS) is 17.2. The number of nitrogens with zero attached hydrogens (tertiary/aromatic N) is 1. The van der Waals surface area contributed by atoms with E-state index in [0.717, 1.165) is 35.4 Å². The first-order valence-corrected chi connectivity index (χ1v) is 9.66. The van der Waals surface area contributed by atoms with Crippen molar-refractivity contribution in [3.8, 4) is 0 Å². The Kier molecular flexibility index (Phi) is 5.71. The van der Waals surface area contributed by atoms with E-state index in [1.54, 1.807) is 11.8 Å². The molecule has 1 aliphatic heterocycles. The molecule has 1 unspecified atom stereocenters. The molecule has 1 heterocycles. The van der Waals surface area contributed by atoms with Gasteiger partial charge in [0, 0.05) is 16.5 Å². The summed E-state index contributed by atoms with van der Waals surface area (Å²) in [7, 11) is 0. The molecule has 1 aliphatic rings. The molecule has 1 amide bonds. The number of hydrogen-bond acceptors (Lipinski definition) is 3. The summed E-state index contributed by atoms with van der Waals surface area (Å²) in [5.41, 5.74) is 8.54. The van der Waals surface area contributed by atoms with Gasteiger partial charge in [0.05, 0.1) is 0 Å². The van der Waals surface area contributed by atoms with Gasteiger partial charge in [-0.3, -0.25) is 4.79 Å². The third-order valence-corrected chi connectivity index (χ3v) is 5.86. The molecule has 0 spiro atoms. The van der Waals surface area contributed by atoms with Crippen molar-refractivity contribution >= 4 is 34.2 Å². The summed E-state index contributed by atoms with van der Waals surface area (Å²) in [6.45, 7) is 2.94. The SMILES string of the molecule is CCCCN1C(C(N)=O)=C(c2ccccc2)SC1c1ccc(Cl)cc1. The lowest BCUT2D eigenvalue weighted by atomic mass is 10.1. The van der Waals surface area contributed by atoms with Crippen molar-refractivity contribution in [1.29, 1.82) is 0 Å². The quantitative estimate of drug-likeness (QED) is 0.772. The van der Waals surface area contributed by atoms with Crippen molar-refractivity contribution in [3.63, 3.8) is 0 Å². The summed E-state index contributed by atoms with van der Waals surface area (Å²) in [6, 6.07) is 17.8. The highest BCUT2D eigenvalue weighted by Crippen LogP contribution is 2.51. The van der Waals surface area contributed by atoms with Gasteiger partial charge in [-0.2, -0.15) is 0 Å². The van der Waals surface area contributed by atoms with Gasteiger partial charge in [-0.1, -0.05) is 79.2 Å². The summed E-state index contributed by atoms with van der Waals surface area (Å²) in [6.07, 6.45) is 2.06. The largest absolute Gasteiger partial charge is 0.364 e. The first-order valence-electron chi connectivity index (χ1n) is 8.40. The summed E-state index contributed by atoms with van der Waals surface area (Å²) >= 11 is 7.72. The van der Waals surface area contributed by atoms with E-state index in [4.69, 9.17) is 17.3 Å². The molecule has 0 fully saturated rings. The van der Waals surface area contributed by atoms with Crippen LogP contribution in [0.5, 0.6) is 0 Å². The second kappa shape index (κ2) is 7.98. The van der Waals surface area contributed by atoms with E-state index < -0.39 is 0 Å². The Morgan fingerprint density at radius 2 is 1.84 bits per heavy atom. The van der Waals surface area contributed by atoms with Crippen LogP contribution in [0.25, 0.3) is 4.91 Å². The fourth-order valence-corrected chi connectivity index (χ4v) is 4.54. The number of benzene rings is 2. The number of unbranched alkanes of at least 4 members (excludes halogenated alkanes) is 1. The van der Waals surface area contributed by atoms with E-state index >= 15 is 0 Å². The van der Waals surface area contributed by atoms with Crippen molar-refractivity contribution in [2.45, 2.75) is 25.1 Å². The highest BCUT2D eigenvalue weighted by molar-refractivity contribution is 8.08. The zero-order valence-corrected chi connectivity index (χ0v) is 15.7. The number of hydrogen-bond donors (Lipinski definition) is 1. The number of carbonyl (C=O) groups excluding carboxylic acids is 1. The molecule has 25 heavy (non-hydrogen) atoms. The predicted octanol–water partition coefficient (Wildman–Crippen LogP) is 5.04. The van der Waals surface area contributed by atoms with Gasteiger partial charge < -0.3 is 10.6 Å². The number of amides is 1. The molecule has 0 saturated heterocycles. The van der Waals surface area contributed by atoms with Gasteiger partial charge >= 0.3 is 0 Å². The van der Waals surface area contributed by atoms with Crippen LogP contribution in [0.4, 0.5) is 0 Å². The number of thioether (sulfide) groups is 1. The van der Waals surface area contributed by atoms with Gasteiger partial charge in [0.2, 0.25) is 0 Å². The molecule has 130 valence electrons. The van der Waals surface area contributed by atoms with Crippen molar-refractivity contribution in [2.24, 2.45) is 5.73 Å². The van der Waals surface area contributed by atoms with E-state index in [2.05, 4.69) is 11.8 Å². The van der Waals surface area contributed by atoms with Gasteiger partial charge in [-0.05, 0) is 29.7 Å². The van der Waals surface area contributed by atoms with E-state index in [9.17, 15) is 4.79 Å². The van der Waals surface area contributed by atoms with Gasteiger partial charge in [0.1, 0.15) is 11.1 Å². The fraction of sp³-hybridized carbons (Fsp3) is 0.250. The lowest BCUT2D eigenvalue weighted by Gasteiger charge is -2.28. The second-order valence-electron chi connectivity index (χ2n) is 5.98. The molecule has 0 saturated carbocycles. The first-order chi connectivity index (χ1) is 12.1. The highest BCUT2D eigenvalue weighted by Gasteiger charge is 2.36. The Morgan fingerprint density at radius 1 is 1.16 bits per heavy atom. The Morgan fingerprint density at radius 3 is 2.44 bits per heavy atom. The zero-order chi connectivity index (χ0) is 17.8. The monoisotopic (exact) mass is 372 g/mol. The van der Waals surface area contributed by atoms with Crippen molar-refractivity contribution in [2.75, 3.05) is 6.54 Å². The molecule has 0 aliphatic carbocycles. The average molecular weight is 373 g/mol. The maximum Gasteiger partial charge on any atom is 0.266 e. The molecule has 3 rings (SSSR count). The van der Waals surface area contributed by atoms with Crippen LogP contribution in [0.15, 0.2) is 60.3 Å². The van der Waals surface area contributed by atoms with Crippen LogP contribution < -0.4 is 5.73 Å². The molecule has 2 N–H and O–H groups in total. The molecule has 0 aromatic heterocycles. The van der Waals surface area contributed by atoms with Crippen molar-refractivity contribution in [3.05, 3.63) is 76.4 Å². The third-order valence-electron chi connectivity index (χ3n) is 4.19. The molecule has 2 aromatic carbocycles. The van der Waals surface area contributed by atoms with E-state index in [1.807, 2.05) is 54.6 Å². The summed E-state index contributed by atoms with van der Waals surface area (Å²) in [5, 5.41) is 0.736. The average Bonchev–Trinajstić information content (AvgIpc) is 3.01. The summed E-state index contributed by atoms with van der Waals surface area (Å²) in [4.78, 5) is 15.4. The molecule has 2 aromatic rings. The number of rotatable bonds is 6.